The van der Waals surface area contributed by atoms with Gasteiger partial charge in [-0.2, -0.15) is 4.31 Å². The molecule has 1 aliphatic heterocycles. The Morgan fingerprint density at radius 3 is 2.63 bits per heavy atom. The molecular formula is C14H21NO3S. The molecule has 106 valence electrons. The summed E-state index contributed by atoms with van der Waals surface area (Å²) in [5.41, 5.74) is -0.381. The van der Waals surface area contributed by atoms with E-state index in [1.54, 1.807) is 11.2 Å². The maximum Gasteiger partial charge on any atom is 0.214 e. The first-order chi connectivity index (χ1) is 8.88. The summed E-state index contributed by atoms with van der Waals surface area (Å²) < 4.78 is 26.4. The molecule has 4 bridgehead atoms. The number of nitrogens with zero attached hydrogens (tertiary/aromatic N) is 1. The van der Waals surface area contributed by atoms with Gasteiger partial charge in [0.15, 0.2) is 0 Å². The quantitative estimate of drug-likeness (QED) is 0.773. The lowest BCUT2D eigenvalue weighted by Gasteiger charge is -2.45. The Bertz CT molecular complexity index is 557. The van der Waals surface area contributed by atoms with Gasteiger partial charge in [0.1, 0.15) is 5.78 Å². The van der Waals surface area contributed by atoms with Crippen LogP contribution in [0.4, 0.5) is 0 Å². The molecule has 4 unspecified atom stereocenters. The molecule has 4 atom stereocenters. The monoisotopic (exact) mass is 283 g/mol. The van der Waals surface area contributed by atoms with Crippen molar-refractivity contribution in [2.75, 3.05) is 12.3 Å². The fraction of sp³-hybridized carbons (Fsp3) is 0.929. The lowest BCUT2D eigenvalue weighted by molar-refractivity contribution is -0.128. The molecule has 5 heteroatoms. The van der Waals surface area contributed by atoms with Crippen LogP contribution in [0, 0.1) is 17.3 Å². The minimum Gasteiger partial charge on any atom is -0.299 e. The second-order valence-corrected chi connectivity index (χ2v) is 9.28. The van der Waals surface area contributed by atoms with Gasteiger partial charge in [0.05, 0.1) is 5.75 Å². The third kappa shape index (κ3) is 1.38. The Kier molecular flexibility index (Phi) is 2.22. The second kappa shape index (κ2) is 3.42. The summed E-state index contributed by atoms with van der Waals surface area (Å²) in [7, 11) is -3.06. The highest BCUT2D eigenvalue weighted by Gasteiger charge is 2.68. The molecule has 1 heterocycles. The fourth-order valence-corrected chi connectivity index (χ4v) is 7.80. The number of carbonyl (C=O) groups excluding carboxylic acids is 1. The first-order valence-corrected chi connectivity index (χ1v) is 9.01. The predicted molar refractivity (Wildman–Crippen MR) is 71.0 cm³/mol. The lowest BCUT2D eigenvalue weighted by Crippen LogP contribution is -2.52. The average Bonchev–Trinajstić information content (AvgIpc) is 2.85. The summed E-state index contributed by atoms with van der Waals surface area (Å²) in [6.07, 6.45) is 5.65. The molecule has 19 heavy (non-hydrogen) atoms. The Morgan fingerprint density at radius 2 is 2.05 bits per heavy atom. The summed E-state index contributed by atoms with van der Waals surface area (Å²) in [6.45, 7) is 2.39. The van der Waals surface area contributed by atoms with E-state index in [0.717, 1.165) is 38.5 Å². The van der Waals surface area contributed by atoms with Crippen molar-refractivity contribution in [3.63, 3.8) is 0 Å². The number of sulfonamides is 1. The average molecular weight is 283 g/mol. The van der Waals surface area contributed by atoms with Crippen molar-refractivity contribution in [2.24, 2.45) is 17.3 Å². The maximum absolute atomic E-state index is 12.3. The number of hydrogen-bond acceptors (Lipinski definition) is 3. The number of carbonyl (C=O) groups is 1. The van der Waals surface area contributed by atoms with Gasteiger partial charge in [-0.25, -0.2) is 8.42 Å². The van der Waals surface area contributed by atoms with Crippen molar-refractivity contribution in [1.82, 2.24) is 4.31 Å². The largest absolute Gasteiger partial charge is 0.299 e. The summed E-state index contributed by atoms with van der Waals surface area (Å²) in [4.78, 5) is 12.2. The van der Waals surface area contributed by atoms with Gasteiger partial charge in [-0.05, 0) is 57.3 Å². The third-order valence-corrected chi connectivity index (χ3v) is 8.37. The van der Waals surface area contributed by atoms with Crippen LogP contribution in [0.2, 0.25) is 0 Å². The standard InChI is InChI=1S/C14H21NO3S/c1-10(16)14-7-11-5-12(14)8-13(6-11,9-14)15-3-2-4-19(15,17)18/h11-12H,2-9H2,1H3. The summed E-state index contributed by atoms with van der Waals surface area (Å²) in [6, 6.07) is 0. The zero-order chi connectivity index (χ0) is 13.5. The van der Waals surface area contributed by atoms with Crippen molar-refractivity contribution in [3.8, 4) is 0 Å². The van der Waals surface area contributed by atoms with Crippen molar-refractivity contribution in [3.05, 3.63) is 0 Å². The van der Waals surface area contributed by atoms with Crippen molar-refractivity contribution in [1.29, 1.82) is 0 Å². The van der Waals surface area contributed by atoms with E-state index >= 15 is 0 Å². The molecule has 0 aromatic heterocycles. The summed E-state index contributed by atoms with van der Waals surface area (Å²) in [5.74, 6) is 1.63. The Balaban J connectivity index is 1.77. The maximum atomic E-state index is 12.3. The van der Waals surface area contributed by atoms with Crippen LogP contribution in [0.1, 0.15) is 45.4 Å². The van der Waals surface area contributed by atoms with E-state index < -0.39 is 10.0 Å². The van der Waals surface area contributed by atoms with E-state index in [1.807, 2.05) is 0 Å². The van der Waals surface area contributed by atoms with Crippen molar-refractivity contribution in [2.45, 2.75) is 51.0 Å². The Hall–Kier alpha value is -0.420. The molecule has 0 aromatic rings. The van der Waals surface area contributed by atoms with Crippen LogP contribution in [0.25, 0.3) is 0 Å². The molecule has 4 nitrogen and oxygen atoms in total. The van der Waals surface area contributed by atoms with Gasteiger partial charge in [-0.15, -0.1) is 0 Å². The van der Waals surface area contributed by atoms with Crippen LogP contribution in [0.15, 0.2) is 0 Å². The van der Waals surface area contributed by atoms with Crippen LogP contribution in [0.5, 0.6) is 0 Å². The highest BCUT2D eigenvalue weighted by Crippen LogP contribution is 2.69. The van der Waals surface area contributed by atoms with Gasteiger partial charge in [-0.3, -0.25) is 4.79 Å². The normalized spacial score (nSPS) is 51.0. The number of rotatable bonds is 2. The topological polar surface area (TPSA) is 54.5 Å². The van der Waals surface area contributed by atoms with Crippen LogP contribution < -0.4 is 0 Å². The van der Waals surface area contributed by atoms with Crippen molar-refractivity contribution >= 4 is 15.8 Å². The van der Waals surface area contributed by atoms with Crippen LogP contribution in [0.3, 0.4) is 0 Å². The van der Waals surface area contributed by atoms with Crippen LogP contribution in [-0.4, -0.2) is 36.3 Å². The molecule has 5 fully saturated rings. The van der Waals surface area contributed by atoms with E-state index in [9.17, 15) is 13.2 Å². The first kappa shape index (κ1) is 12.3. The highest BCUT2D eigenvalue weighted by atomic mass is 32.2. The molecule has 0 aromatic carbocycles. The molecule has 4 aliphatic carbocycles. The molecule has 1 saturated heterocycles. The van der Waals surface area contributed by atoms with E-state index in [2.05, 4.69) is 0 Å². The number of Topliss-reactive ketones (excluding diaryl/α,β-unsaturated/α-hetero) is 1. The summed E-state index contributed by atoms with van der Waals surface area (Å²) in [5, 5.41) is 0. The minimum atomic E-state index is -3.06. The van der Waals surface area contributed by atoms with E-state index in [4.69, 9.17) is 0 Å². The number of ketones is 1. The second-order valence-electron chi connectivity index (χ2n) is 7.27. The molecular weight excluding hydrogens is 262 g/mol. The molecule has 0 radical (unpaired) electrons. The van der Waals surface area contributed by atoms with E-state index in [-0.39, 0.29) is 11.0 Å². The number of hydrogen-bond donors (Lipinski definition) is 0. The van der Waals surface area contributed by atoms with Crippen molar-refractivity contribution < 1.29 is 13.2 Å². The van der Waals surface area contributed by atoms with Crippen LogP contribution in [-0.2, 0) is 14.8 Å². The molecule has 0 amide bonds. The molecule has 0 spiro atoms. The molecule has 5 aliphatic rings. The fourth-order valence-electron chi connectivity index (χ4n) is 5.87. The van der Waals surface area contributed by atoms with E-state index in [1.165, 1.54) is 0 Å². The van der Waals surface area contributed by atoms with Gasteiger partial charge >= 0.3 is 0 Å². The smallest absolute Gasteiger partial charge is 0.214 e. The highest BCUT2D eigenvalue weighted by molar-refractivity contribution is 7.89. The van der Waals surface area contributed by atoms with Gasteiger partial charge in [0.25, 0.3) is 0 Å². The molecule has 5 rings (SSSR count). The van der Waals surface area contributed by atoms with Gasteiger partial charge < -0.3 is 0 Å². The zero-order valence-electron chi connectivity index (χ0n) is 11.4. The third-order valence-electron chi connectivity index (χ3n) is 6.32. The van der Waals surface area contributed by atoms with Gasteiger partial charge in [0.2, 0.25) is 10.0 Å². The van der Waals surface area contributed by atoms with Crippen LogP contribution >= 0.6 is 0 Å². The zero-order valence-corrected chi connectivity index (χ0v) is 12.2. The van der Waals surface area contributed by atoms with E-state index in [0.29, 0.717) is 29.9 Å². The SMILES string of the molecule is CC(=O)C12CC3CC1CC(N1CCCS1(=O)=O)(C3)C2. The molecule has 4 saturated carbocycles. The van der Waals surface area contributed by atoms with Gasteiger partial charge in [0, 0.05) is 17.5 Å². The lowest BCUT2D eigenvalue weighted by atomic mass is 9.70. The van der Waals surface area contributed by atoms with Gasteiger partial charge in [-0.1, -0.05) is 0 Å². The Morgan fingerprint density at radius 1 is 1.26 bits per heavy atom. The minimum absolute atomic E-state index is 0.180. The predicted octanol–water partition coefficient (Wildman–Crippen LogP) is 1.56. The summed E-state index contributed by atoms with van der Waals surface area (Å²) >= 11 is 0. The first-order valence-electron chi connectivity index (χ1n) is 7.40. The Labute approximate surface area is 114 Å². The molecule has 0 N–H and O–H groups in total.